The lowest BCUT2D eigenvalue weighted by Crippen LogP contribution is -2.37. The standard InChI is InChI=1S/C19H21N3O3/c1-13-10-17(25-20-13)16-8-5-9-21(16)19(24)14-11-18(23)22(12-14)15-6-3-2-4-7-15/h2-4,6-7,10,14,16H,5,8-9,11-12H2,1H3/t14-,16+/m0/s1. The average Bonchev–Trinajstić information content (AvgIpc) is 3.34. The van der Waals surface area contributed by atoms with E-state index in [-0.39, 0.29) is 30.2 Å². The van der Waals surface area contributed by atoms with Crippen LogP contribution in [0.2, 0.25) is 0 Å². The number of hydrogen-bond donors (Lipinski definition) is 0. The zero-order chi connectivity index (χ0) is 17.4. The van der Waals surface area contributed by atoms with Gasteiger partial charge in [-0.25, -0.2) is 0 Å². The predicted octanol–water partition coefficient (Wildman–Crippen LogP) is 2.70. The second-order valence-electron chi connectivity index (χ2n) is 6.80. The first-order chi connectivity index (χ1) is 12.1. The summed E-state index contributed by atoms with van der Waals surface area (Å²) in [4.78, 5) is 29.0. The Morgan fingerprint density at radius 2 is 2.08 bits per heavy atom. The predicted molar refractivity (Wildman–Crippen MR) is 91.8 cm³/mol. The van der Waals surface area contributed by atoms with Gasteiger partial charge in [0.25, 0.3) is 0 Å². The van der Waals surface area contributed by atoms with Crippen molar-refractivity contribution in [2.24, 2.45) is 5.92 Å². The molecule has 3 heterocycles. The number of rotatable bonds is 3. The van der Waals surface area contributed by atoms with Crippen LogP contribution in [-0.4, -0.2) is 35.0 Å². The normalized spacial score (nSPS) is 23.5. The molecule has 2 fully saturated rings. The lowest BCUT2D eigenvalue weighted by molar-refractivity contribution is -0.137. The molecule has 4 rings (SSSR count). The Hall–Kier alpha value is -2.63. The molecule has 2 aromatic rings. The van der Waals surface area contributed by atoms with E-state index >= 15 is 0 Å². The van der Waals surface area contributed by atoms with Gasteiger partial charge in [-0.3, -0.25) is 9.59 Å². The lowest BCUT2D eigenvalue weighted by atomic mass is 10.1. The monoisotopic (exact) mass is 339 g/mol. The van der Waals surface area contributed by atoms with Crippen LogP contribution in [0.5, 0.6) is 0 Å². The minimum atomic E-state index is -0.294. The number of hydrogen-bond acceptors (Lipinski definition) is 4. The van der Waals surface area contributed by atoms with Crippen molar-refractivity contribution in [2.45, 2.75) is 32.2 Å². The Kier molecular flexibility index (Phi) is 4.03. The molecular formula is C19H21N3O3. The van der Waals surface area contributed by atoms with Crippen LogP contribution < -0.4 is 4.90 Å². The van der Waals surface area contributed by atoms with Crippen LogP contribution in [0.15, 0.2) is 40.9 Å². The maximum atomic E-state index is 13.0. The van der Waals surface area contributed by atoms with Crippen LogP contribution >= 0.6 is 0 Å². The quantitative estimate of drug-likeness (QED) is 0.862. The first-order valence-corrected chi connectivity index (χ1v) is 8.72. The average molecular weight is 339 g/mol. The minimum Gasteiger partial charge on any atom is -0.359 e. The van der Waals surface area contributed by atoms with Crippen molar-refractivity contribution >= 4 is 17.5 Å². The molecule has 0 spiro atoms. The molecule has 0 bridgehead atoms. The molecule has 6 heteroatoms. The van der Waals surface area contributed by atoms with E-state index in [0.29, 0.717) is 13.1 Å². The second-order valence-corrected chi connectivity index (χ2v) is 6.80. The summed E-state index contributed by atoms with van der Waals surface area (Å²) in [7, 11) is 0. The summed E-state index contributed by atoms with van der Waals surface area (Å²) >= 11 is 0. The van der Waals surface area contributed by atoms with E-state index in [1.54, 1.807) is 4.90 Å². The molecule has 2 amide bonds. The minimum absolute atomic E-state index is 0.0100. The lowest BCUT2D eigenvalue weighted by Gasteiger charge is -2.25. The van der Waals surface area contributed by atoms with Gasteiger partial charge in [-0.15, -0.1) is 0 Å². The molecule has 0 N–H and O–H groups in total. The van der Waals surface area contributed by atoms with Gasteiger partial charge in [0.2, 0.25) is 11.8 Å². The third kappa shape index (κ3) is 2.92. The molecule has 2 saturated heterocycles. The highest BCUT2D eigenvalue weighted by atomic mass is 16.5. The van der Waals surface area contributed by atoms with Crippen molar-refractivity contribution in [2.75, 3.05) is 18.0 Å². The van der Waals surface area contributed by atoms with Gasteiger partial charge in [0.1, 0.15) is 0 Å². The molecule has 25 heavy (non-hydrogen) atoms. The van der Waals surface area contributed by atoms with E-state index in [0.717, 1.165) is 30.0 Å². The van der Waals surface area contributed by atoms with Crippen molar-refractivity contribution in [3.63, 3.8) is 0 Å². The van der Waals surface area contributed by atoms with Crippen LogP contribution in [-0.2, 0) is 9.59 Å². The first-order valence-electron chi connectivity index (χ1n) is 8.72. The van der Waals surface area contributed by atoms with Crippen LogP contribution in [0.1, 0.15) is 36.8 Å². The van der Waals surface area contributed by atoms with Gasteiger partial charge >= 0.3 is 0 Å². The molecule has 6 nitrogen and oxygen atoms in total. The SMILES string of the molecule is Cc1cc([C@H]2CCCN2C(=O)[C@H]2CC(=O)N(c3ccccc3)C2)on1. The number of para-hydroxylation sites is 1. The molecule has 2 atom stereocenters. The molecule has 0 radical (unpaired) electrons. The highest BCUT2D eigenvalue weighted by Crippen LogP contribution is 2.35. The summed E-state index contributed by atoms with van der Waals surface area (Å²) in [5.74, 6) is 0.504. The third-order valence-corrected chi connectivity index (χ3v) is 5.05. The number of carbonyl (C=O) groups is 2. The van der Waals surface area contributed by atoms with Crippen molar-refractivity contribution in [1.29, 1.82) is 0 Å². The van der Waals surface area contributed by atoms with Gasteiger partial charge in [0.15, 0.2) is 5.76 Å². The Labute approximate surface area is 146 Å². The second kappa shape index (κ2) is 6.35. The van der Waals surface area contributed by atoms with Gasteiger partial charge in [0.05, 0.1) is 17.7 Å². The van der Waals surface area contributed by atoms with Gasteiger partial charge < -0.3 is 14.3 Å². The number of nitrogens with zero attached hydrogens (tertiary/aromatic N) is 3. The fourth-order valence-corrected chi connectivity index (χ4v) is 3.83. The zero-order valence-electron chi connectivity index (χ0n) is 14.2. The molecule has 1 aromatic heterocycles. The van der Waals surface area contributed by atoms with Crippen LogP contribution in [0.25, 0.3) is 0 Å². The Balaban J connectivity index is 1.50. The number of carbonyl (C=O) groups excluding carboxylic acids is 2. The summed E-state index contributed by atoms with van der Waals surface area (Å²) in [5.41, 5.74) is 1.67. The maximum Gasteiger partial charge on any atom is 0.228 e. The number of aromatic nitrogens is 1. The molecule has 0 aliphatic carbocycles. The molecule has 130 valence electrons. The number of aryl methyl sites for hydroxylation is 1. The van der Waals surface area contributed by atoms with E-state index in [1.165, 1.54) is 0 Å². The Bertz CT molecular complexity index is 786. The summed E-state index contributed by atoms with van der Waals surface area (Å²) in [5, 5.41) is 3.94. The van der Waals surface area contributed by atoms with Gasteiger partial charge in [-0.2, -0.15) is 0 Å². The van der Waals surface area contributed by atoms with E-state index in [4.69, 9.17) is 4.52 Å². The van der Waals surface area contributed by atoms with Gasteiger partial charge in [-0.05, 0) is 31.9 Å². The van der Waals surface area contributed by atoms with E-state index < -0.39 is 0 Å². The van der Waals surface area contributed by atoms with Gasteiger partial charge in [-0.1, -0.05) is 23.4 Å². The van der Waals surface area contributed by atoms with Crippen molar-refractivity contribution in [3.05, 3.63) is 47.9 Å². The van der Waals surface area contributed by atoms with E-state index in [1.807, 2.05) is 48.2 Å². The smallest absolute Gasteiger partial charge is 0.228 e. The molecular weight excluding hydrogens is 318 g/mol. The summed E-state index contributed by atoms with van der Waals surface area (Å²) in [6.07, 6.45) is 2.09. The number of benzene rings is 1. The van der Waals surface area contributed by atoms with Crippen LogP contribution in [0.4, 0.5) is 5.69 Å². The molecule has 2 aliphatic rings. The maximum absolute atomic E-state index is 13.0. The van der Waals surface area contributed by atoms with E-state index in [2.05, 4.69) is 5.16 Å². The zero-order valence-corrected chi connectivity index (χ0v) is 14.2. The fraction of sp³-hybridized carbons (Fsp3) is 0.421. The van der Waals surface area contributed by atoms with Crippen molar-refractivity contribution < 1.29 is 14.1 Å². The molecule has 0 saturated carbocycles. The van der Waals surface area contributed by atoms with Crippen molar-refractivity contribution in [1.82, 2.24) is 10.1 Å². The number of likely N-dealkylation sites (tertiary alicyclic amines) is 1. The topological polar surface area (TPSA) is 66.7 Å². The van der Waals surface area contributed by atoms with Crippen molar-refractivity contribution in [3.8, 4) is 0 Å². The highest BCUT2D eigenvalue weighted by Gasteiger charge is 2.41. The first kappa shape index (κ1) is 15.9. The summed E-state index contributed by atoms with van der Waals surface area (Å²) in [6, 6.07) is 11.4. The Morgan fingerprint density at radius 3 is 2.80 bits per heavy atom. The van der Waals surface area contributed by atoms with Crippen LogP contribution in [0, 0.1) is 12.8 Å². The number of anilines is 1. The largest absolute Gasteiger partial charge is 0.359 e. The summed E-state index contributed by atoms with van der Waals surface area (Å²) < 4.78 is 5.38. The van der Waals surface area contributed by atoms with E-state index in [9.17, 15) is 9.59 Å². The summed E-state index contributed by atoms with van der Waals surface area (Å²) in [6.45, 7) is 3.03. The Morgan fingerprint density at radius 1 is 1.28 bits per heavy atom. The molecule has 2 aliphatic heterocycles. The van der Waals surface area contributed by atoms with Gasteiger partial charge in [0, 0.05) is 31.3 Å². The highest BCUT2D eigenvalue weighted by molar-refractivity contribution is 6.00. The molecule has 0 unspecified atom stereocenters. The third-order valence-electron chi connectivity index (χ3n) is 5.05. The fourth-order valence-electron chi connectivity index (χ4n) is 3.83. The molecule has 1 aromatic carbocycles. The number of amides is 2. The van der Waals surface area contributed by atoms with Crippen LogP contribution in [0.3, 0.4) is 0 Å².